The molecule has 0 spiro atoms. The summed E-state index contributed by atoms with van der Waals surface area (Å²) in [4.78, 5) is 0. The van der Waals surface area contributed by atoms with E-state index >= 15 is 0 Å². The number of rotatable bonds is 8. The quantitative estimate of drug-likeness (QED) is 0.584. The van der Waals surface area contributed by atoms with E-state index in [1.807, 2.05) is 16.8 Å². The number of methoxy groups -OCH3 is 1. The zero-order valence-electron chi connectivity index (χ0n) is 18.0. The van der Waals surface area contributed by atoms with Crippen molar-refractivity contribution < 1.29 is 4.74 Å². The topological polar surface area (TPSA) is 76.9 Å². The molecular formula is C24H30N6O. The van der Waals surface area contributed by atoms with Gasteiger partial charge in [0, 0.05) is 36.3 Å². The van der Waals surface area contributed by atoms with E-state index in [1.165, 1.54) is 24.8 Å². The molecule has 2 fully saturated rings. The van der Waals surface area contributed by atoms with E-state index < -0.39 is 0 Å². The highest BCUT2D eigenvalue weighted by Crippen LogP contribution is 2.32. The van der Waals surface area contributed by atoms with Crippen LogP contribution in [0.3, 0.4) is 0 Å². The molecule has 7 heteroatoms. The van der Waals surface area contributed by atoms with Gasteiger partial charge in [-0.05, 0) is 72.3 Å². The molecule has 3 aromatic rings. The normalized spacial score (nSPS) is 21.2. The summed E-state index contributed by atoms with van der Waals surface area (Å²) in [6.07, 6.45) is 4.87. The van der Waals surface area contributed by atoms with Gasteiger partial charge in [0.15, 0.2) is 5.82 Å². The summed E-state index contributed by atoms with van der Waals surface area (Å²) < 4.78 is 7.60. The van der Waals surface area contributed by atoms with E-state index in [0.29, 0.717) is 12.1 Å². The molecule has 0 amide bonds. The largest absolute Gasteiger partial charge is 0.496 e. The van der Waals surface area contributed by atoms with E-state index in [4.69, 9.17) is 4.74 Å². The second-order valence-electron chi connectivity index (χ2n) is 8.63. The van der Waals surface area contributed by atoms with Gasteiger partial charge in [0.1, 0.15) is 5.75 Å². The van der Waals surface area contributed by atoms with Crippen molar-refractivity contribution >= 4 is 0 Å². The first-order valence-electron chi connectivity index (χ1n) is 11.3. The van der Waals surface area contributed by atoms with Crippen LogP contribution in [0.25, 0.3) is 11.4 Å². The van der Waals surface area contributed by atoms with Crippen LogP contribution < -0.4 is 15.4 Å². The van der Waals surface area contributed by atoms with Crippen molar-refractivity contribution in [3.8, 4) is 17.1 Å². The first-order chi connectivity index (χ1) is 15.3. The van der Waals surface area contributed by atoms with Crippen molar-refractivity contribution in [2.45, 2.75) is 50.9 Å². The average Bonchev–Trinajstić information content (AvgIpc) is 3.53. The minimum absolute atomic E-state index is 0.315. The Labute approximate surface area is 183 Å². The summed E-state index contributed by atoms with van der Waals surface area (Å²) in [5.41, 5.74) is 3.49. The molecule has 5 rings (SSSR count). The Bertz CT molecular complexity index is 1000. The Hall–Kier alpha value is -2.77. The molecule has 2 N–H and O–H groups in total. The molecule has 2 aliphatic rings. The second-order valence-corrected chi connectivity index (χ2v) is 8.63. The molecule has 1 saturated carbocycles. The second kappa shape index (κ2) is 9.16. The predicted molar refractivity (Wildman–Crippen MR) is 120 cm³/mol. The molecule has 0 unspecified atom stereocenters. The van der Waals surface area contributed by atoms with Gasteiger partial charge >= 0.3 is 0 Å². The summed E-state index contributed by atoms with van der Waals surface area (Å²) in [5, 5.41) is 19.9. The van der Waals surface area contributed by atoms with E-state index in [1.54, 1.807) is 7.11 Å². The van der Waals surface area contributed by atoms with Crippen molar-refractivity contribution in [3.05, 3.63) is 59.7 Å². The van der Waals surface area contributed by atoms with Gasteiger partial charge in [-0.1, -0.05) is 30.3 Å². The first kappa shape index (κ1) is 20.2. The third kappa shape index (κ3) is 4.62. The van der Waals surface area contributed by atoms with Gasteiger partial charge in [-0.15, -0.1) is 5.10 Å². The van der Waals surface area contributed by atoms with Gasteiger partial charge < -0.3 is 15.4 Å². The summed E-state index contributed by atoms with van der Waals surface area (Å²) in [7, 11) is 1.73. The van der Waals surface area contributed by atoms with Crippen LogP contribution in [0.2, 0.25) is 0 Å². The number of ether oxygens (including phenoxy) is 1. The number of nitrogens with zero attached hydrogens (tertiary/aromatic N) is 4. The number of hydrogen-bond donors (Lipinski definition) is 2. The van der Waals surface area contributed by atoms with Crippen LogP contribution in [0.15, 0.2) is 48.5 Å². The summed E-state index contributed by atoms with van der Waals surface area (Å²) >= 11 is 0. The minimum atomic E-state index is 0.315. The average molecular weight is 419 g/mol. The summed E-state index contributed by atoms with van der Waals surface area (Å²) in [5.74, 6) is 2.44. The standard InChI is InChI=1S/C24H30N6O/c1-31-22-12-11-19(24-27-28-29-30(24)16-17-9-10-17)14-20(22)15-26-21-8-5-13-25-23(21)18-6-3-2-4-7-18/h2-4,6-7,11-12,14,17,21,23,25-26H,5,8-10,13,15-16H2,1H3/t21-,23-/m0/s1. The van der Waals surface area contributed by atoms with Crippen LogP contribution in [0.1, 0.15) is 42.9 Å². The molecule has 2 heterocycles. The number of aromatic nitrogens is 4. The lowest BCUT2D eigenvalue weighted by Crippen LogP contribution is -2.45. The van der Waals surface area contributed by atoms with Crippen molar-refractivity contribution in [1.82, 2.24) is 30.8 Å². The van der Waals surface area contributed by atoms with Crippen LogP contribution >= 0.6 is 0 Å². The zero-order chi connectivity index (χ0) is 21.0. The lowest BCUT2D eigenvalue weighted by atomic mass is 9.92. The molecule has 1 aliphatic heterocycles. The molecule has 2 aromatic carbocycles. The molecule has 2 atom stereocenters. The molecule has 162 valence electrons. The highest BCUT2D eigenvalue weighted by atomic mass is 16.5. The number of nitrogens with one attached hydrogen (secondary N) is 2. The molecule has 1 saturated heterocycles. The smallest absolute Gasteiger partial charge is 0.182 e. The van der Waals surface area contributed by atoms with Gasteiger partial charge in [0.05, 0.1) is 7.11 Å². The highest BCUT2D eigenvalue weighted by Gasteiger charge is 2.26. The molecule has 1 aromatic heterocycles. The van der Waals surface area contributed by atoms with Gasteiger partial charge in [0.25, 0.3) is 0 Å². The lowest BCUT2D eigenvalue weighted by molar-refractivity contribution is 0.303. The maximum absolute atomic E-state index is 5.66. The predicted octanol–water partition coefficient (Wildman–Crippen LogP) is 3.34. The number of tetrazole rings is 1. The van der Waals surface area contributed by atoms with Crippen LogP contribution in [-0.2, 0) is 13.1 Å². The fraction of sp³-hybridized carbons (Fsp3) is 0.458. The minimum Gasteiger partial charge on any atom is -0.496 e. The van der Waals surface area contributed by atoms with E-state index in [2.05, 4.69) is 62.6 Å². The number of hydrogen-bond acceptors (Lipinski definition) is 6. The zero-order valence-corrected chi connectivity index (χ0v) is 18.0. The molecule has 7 nitrogen and oxygen atoms in total. The Balaban J connectivity index is 1.34. The molecular weight excluding hydrogens is 388 g/mol. The Morgan fingerprint density at radius 2 is 2.00 bits per heavy atom. The van der Waals surface area contributed by atoms with Crippen molar-refractivity contribution in [2.75, 3.05) is 13.7 Å². The van der Waals surface area contributed by atoms with Crippen LogP contribution in [-0.4, -0.2) is 39.9 Å². The summed E-state index contributed by atoms with van der Waals surface area (Å²) in [6, 6.07) is 17.6. The maximum Gasteiger partial charge on any atom is 0.182 e. The van der Waals surface area contributed by atoms with E-state index in [9.17, 15) is 0 Å². The molecule has 0 radical (unpaired) electrons. The van der Waals surface area contributed by atoms with Crippen LogP contribution in [0.5, 0.6) is 5.75 Å². The molecule has 31 heavy (non-hydrogen) atoms. The Morgan fingerprint density at radius 1 is 1.13 bits per heavy atom. The fourth-order valence-corrected chi connectivity index (χ4v) is 4.50. The fourth-order valence-electron chi connectivity index (χ4n) is 4.50. The first-order valence-corrected chi connectivity index (χ1v) is 11.3. The van der Waals surface area contributed by atoms with Gasteiger partial charge in [-0.2, -0.15) is 0 Å². The maximum atomic E-state index is 5.66. The molecule has 0 bridgehead atoms. The van der Waals surface area contributed by atoms with Gasteiger partial charge in [-0.3, -0.25) is 0 Å². The number of benzene rings is 2. The lowest BCUT2D eigenvalue weighted by Gasteiger charge is -2.34. The van der Waals surface area contributed by atoms with Gasteiger partial charge in [-0.25, -0.2) is 4.68 Å². The van der Waals surface area contributed by atoms with Crippen molar-refractivity contribution in [2.24, 2.45) is 5.92 Å². The van der Waals surface area contributed by atoms with Crippen LogP contribution in [0, 0.1) is 5.92 Å². The number of piperidine rings is 1. The summed E-state index contributed by atoms with van der Waals surface area (Å²) in [6.45, 7) is 2.69. The third-order valence-electron chi connectivity index (χ3n) is 6.37. The van der Waals surface area contributed by atoms with Crippen molar-refractivity contribution in [1.29, 1.82) is 0 Å². The van der Waals surface area contributed by atoms with Gasteiger partial charge in [0.2, 0.25) is 0 Å². The van der Waals surface area contributed by atoms with E-state index in [-0.39, 0.29) is 0 Å². The van der Waals surface area contributed by atoms with Crippen LogP contribution in [0.4, 0.5) is 0 Å². The van der Waals surface area contributed by atoms with E-state index in [0.717, 1.165) is 54.7 Å². The van der Waals surface area contributed by atoms with Crippen molar-refractivity contribution in [3.63, 3.8) is 0 Å². The SMILES string of the molecule is COc1ccc(-c2nnnn2CC2CC2)cc1CN[C@H]1CCCN[C@H]1c1ccccc1. The highest BCUT2D eigenvalue weighted by molar-refractivity contribution is 5.58. The Kier molecular flexibility index (Phi) is 5.95. The monoisotopic (exact) mass is 418 g/mol. The molecule has 1 aliphatic carbocycles. The third-order valence-corrected chi connectivity index (χ3v) is 6.37. The Morgan fingerprint density at radius 3 is 2.81 bits per heavy atom.